The van der Waals surface area contributed by atoms with Crippen molar-refractivity contribution in [2.24, 2.45) is 5.92 Å². The van der Waals surface area contributed by atoms with E-state index in [1.165, 1.54) is 20.3 Å². The van der Waals surface area contributed by atoms with Crippen LogP contribution in [0.3, 0.4) is 0 Å². The number of methoxy groups -OCH3 is 2. The summed E-state index contributed by atoms with van der Waals surface area (Å²) < 4.78 is 15.8. The predicted molar refractivity (Wildman–Crippen MR) is 113 cm³/mol. The summed E-state index contributed by atoms with van der Waals surface area (Å²) in [4.78, 5) is 39.2. The Labute approximate surface area is 177 Å². The van der Waals surface area contributed by atoms with Crippen LogP contribution in [0.2, 0.25) is 0 Å². The summed E-state index contributed by atoms with van der Waals surface area (Å²) in [7, 11) is 2.93. The third-order valence-corrected chi connectivity index (χ3v) is 5.42. The number of carbonyl (C=O) groups excluding carboxylic acids is 3. The molecule has 0 aliphatic heterocycles. The number of benzene rings is 1. The summed E-state index contributed by atoms with van der Waals surface area (Å²) in [5.41, 5.74) is 0.396. The van der Waals surface area contributed by atoms with Gasteiger partial charge in [0.25, 0.3) is 5.91 Å². The van der Waals surface area contributed by atoms with Crippen LogP contribution < -0.4 is 14.8 Å². The molecule has 0 bridgehead atoms. The first kappa shape index (κ1) is 23.5. The van der Waals surface area contributed by atoms with Crippen LogP contribution in [0.25, 0.3) is 0 Å². The van der Waals surface area contributed by atoms with Gasteiger partial charge in [0, 0.05) is 31.1 Å². The predicted octanol–water partition coefficient (Wildman–Crippen LogP) is 3.25. The number of esters is 1. The van der Waals surface area contributed by atoms with Crippen LogP contribution in [0, 0.1) is 5.92 Å². The molecule has 1 fully saturated rings. The number of ether oxygens (including phenoxy) is 3. The number of hydrogen-bond donors (Lipinski definition) is 1. The monoisotopic (exact) mass is 420 g/mol. The van der Waals surface area contributed by atoms with Gasteiger partial charge in [-0.2, -0.15) is 0 Å². The van der Waals surface area contributed by atoms with Crippen LogP contribution in [0.5, 0.6) is 11.5 Å². The van der Waals surface area contributed by atoms with Crippen molar-refractivity contribution in [2.45, 2.75) is 46.0 Å². The van der Waals surface area contributed by atoms with E-state index in [0.29, 0.717) is 24.6 Å². The third kappa shape index (κ3) is 5.87. The van der Waals surface area contributed by atoms with E-state index in [1.807, 2.05) is 13.8 Å². The van der Waals surface area contributed by atoms with Crippen LogP contribution in [0.15, 0.2) is 12.1 Å². The fourth-order valence-electron chi connectivity index (χ4n) is 3.62. The van der Waals surface area contributed by atoms with E-state index in [1.54, 1.807) is 11.0 Å². The Morgan fingerprint density at radius 1 is 1.00 bits per heavy atom. The standard InChI is InChI=1S/C22H32N2O6/c1-5-24(6-2)20(25)14-30-22(27)16-12-18(28-3)19(29-4)13-17(16)23-21(26)15-10-8-7-9-11-15/h12-13,15H,5-11,14H2,1-4H3,(H,23,26). The highest BCUT2D eigenvalue weighted by atomic mass is 16.5. The number of anilines is 1. The van der Waals surface area contributed by atoms with Gasteiger partial charge in [0.1, 0.15) is 0 Å². The molecule has 0 saturated heterocycles. The number of hydrogen-bond acceptors (Lipinski definition) is 6. The molecule has 8 heteroatoms. The lowest BCUT2D eigenvalue weighted by atomic mass is 9.88. The molecule has 2 rings (SSSR count). The SMILES string of the molecule is CCN(CC)C(=O)COC(=O)c1cc(OC)c(OC)cc1NC(=O)C1CCCCC1. The lowest BCUT2D eigenvalue weighted by Gasteiger charge is -2.22. The summed E-state index contributed by atoms with van der Waals surface area (Å²) in [5.74, 6) is -0.491. The van der Waals surface area contributed by atoms with E-state index in [9.17, 15) is 14.4 Å². The Morgan fingerprint density at radius 3 is 2.17 bits per heavy atom. The fourth-order valence-corrected chi connectivity index (χ4v) is 3.62. The maximum absolute atomic E-state index is 12.8. The van der Waals surface area contributed by atoms with Crippen LogP contribution in [-0.2, 0) is 14.3 Å². The lowest BCUT2D eigenvalue weighted by molar-refractivity contribution is -0.134. The molecule has 0 heterocycles. The first-order valence-corrected chi connectivity index (χ1v) is 10.5. The number of nitrogens with one attached hydrogen (secondary N) is 1. The zero-order valence-corrected chi connectivity index (χ0v) is 18.3. The smallest absolute Gasteiger partial charge is 0.340 e. The first-order valence-electron chi connectivity index (χ1n) is 10.5. The second-order valence-electron chi connectivity index (χ2n) is 7.22. The summed E-state index contributed by atoms with van der Waals surface area (Å²) in [6, 6.07) is 3.00. The summed E-state index contributed by atoms with van der Waals surface area (Å²) in [6.45, 7) is 4.41. The molecule has 0 spiro atoms. The highest BCUT2D eigenvalue weighted by Gasteiger charge is 2.25. The number of amides is 2. The number of likely N-dealkylation sites (N-methyl/N-ethyl adjacent to an activating group) is 1. The van der Waals surface area contributed by atoms with Crippen molar-refractivity contribution in [3.05, 3.63) is 17.7 Å². The van der Waals surface area contributed by atoms with Gasteiger partial charge in [-0.1, -0.05) is 19.3 Å². The van der Waals surface area contributed by atoms with Gasteiger partial charge in [-0.05, 0) is 26.7 Å². The Hall–Kier alpha value is -2.77. The third-order valence-electron chi connectivity index (χ3n) is 5.42. The molecular weight excluding hydrogens is 388 g/mol. The summed E-state index contributed by atoms with van der Waals surface area (Å²) >= 11 is 0. The van der Waals surface area contributed by atoms with Crippen molar-refractivity contribution in [1.29, 1.82) is 0 Å². The molecule has 1 aliphatic rings. The Balaban J connectivity index is 2.23. The van der Waals surface area contributed by atoms with E-state index >= 15 is 0 Å². The van der Waals surface area contributed by atoms with Crippen LogP contribution >= 0.6 is 0 Å². The van der Waals surface area contributed by atoms with Crippen LogP contribution in [-0.4, -0.2) is 56.6 Å². The van der Waals surface area contributed by atoms with Gasteiger partial charge in [0.2, 0.25) is 5.91 Å². The summed E-state index contributed by atoms with van der Waals surface area (Å²) in [5, 5.41) is 2.85. The molecule has 1 saturated carbocycles. The molecule has 1 aromatic rings. The molecule has 0 unspecified atom stereocenters. The van der Waals surface area contributed by atoms with Gasteiger partial charge < -0.3 is 24.4 Å². The van der Waals surface area contributed by atoms with Crippen molar-refractivity contribution in [2.75, 3.05) is 39.2 Å². The average molecular weight is 421 g/mol. The number of carbonyl (C=O) groups is 3. The molecule has 1 N–H and O–H groups in total. The van der Waals surface area contributed by atoms with Crippen LogP contribution in [0.4, 0.5) is 5.69 Å². The maximum Gasteiger partial charge on any atom is 0.340 e. The van der Waals surface area contributed by atoms with Crippen molar-refractivity contribution < 1.29 is 28.6 Å². The van der Waals surface area contributed by atoms with Gasteiger partial charge in [-0.25, -0.2) is 4.79 Å². The van der Waals surface area contributed by atoms with Gasteiger partial charge in [-0.15, -0.1) is 0 Å². The maximum atomic E-state index is 12.8. The Bertz CT molecular complexity index is 754. The molecule has 30 heavy (non-hydrogen) atoms. The largest absolute Gasteiger partial charge is 0.493 e. The van der Waals surface area contributed by atoms with Gasteiger partial charge in [0.15, 0.2) is 18.1 Å². The van der Waals surface area contributed by atoms with E-state index in [4.69, 9.17) is 14.2 Å². The topological polar surface area (TPSA) is 94.2 Å². The zero-order chi connectivity index (χ0) is 22.1. The molecule has 0 atom stereocenters. The van der Waals surface area contributed by atoms with Gasteiger partial charge >= 0.3 is 5.97 Å². The van der Waals surface area contributed by atoms with E-state index in [0.717, 1.165) is 32.1 Å². The number of nitrogens with zero attached hydrogens (tertiary/aromatic N) is 1. The molecule has 1 aliphatic carbocycles. The summed E-state index contributed by atoms with van der Waals surface area (Å²) in [6.07, 6.45) is 4.84. The highest BCUT2D eigenvalue weighted by molar-refractivity contribution is 6.03. The molecule has 0 aromatic heterocycles. The molecular formula is C22H32N2O6. The van der Waals surface area contributed by atoms with Crippen molar-refractivity contribution in [3.63, 3.8) is 0 Å². The van der Waals surface area contributed by atoms with Crippen LogP contribution in [0.1, 0.15) is 56.3 Å². The molecule has 166 valence electrons. The van der Waals surface area contributed by atoms with Gasteiger partial charge in [0.05, 0.1) is 25.5 Å². The first-order chi connectivity index (χ1) is 14.4. The fraction of sp³-hybridized carbons (Fsp3) is 0.591. The minimum Gasteiger partial charge on any atom is -0.493 e. The van der Waals surface area contributed by atoms with Crippen molar-refractivity contribution >= 4 is 23.5 Å². The molecule has 0 radical (unpaired) electrons. The van der Waals surface area contributed by atoms with E-state index < -0.39 is 5.97 Å². The number of rotatable bonds is 9. The zero-order valence-electron chi connectivity index (χ0n) is 18.3. The Morgan fingerprint density at radius 2 is 1.60 bits per heavy atom. The molecule has 2 amide bonds. The second kappa shape index (κ2) is 11.4. The van der Waals surface area contributed by atoms with Gasteiger partial charge in [-0.3, -0.25) is 9.59 Å². The normalized spacial score (nSPS) is 14.0. The quantitative estimate of drug-likeness (QED) is 0.617. The minimum atomic E-state index is -0.713. The minimum absolute atomic E-state index is 0.0834. The Kier molecular flexibility index (Phi) is 8.95. The van der Waals surface area contributed by atoms with E-state index in [2.05, 4.69) is 5.32 Å². The lowest BCUT2D eigenvalue weighted by Crippen LogP contribution is -2.34. The second-order valence-corrected chi connectivity index (χ2v) is 7.22. The highest BCUT2D eigenvalue weighted by Crippen LogP contribution is 2.34. The van der Waals surface area contributed by atoms with E-state index in [-0.39, 0.29) is 35.6 Å². The molecule has 8 nitrogen and oxygen atoms in total. The average Bonchev–Trinajstić information content (AvgIpc) is 2.78. The van der Waals surface area contributed by atoms with Crippen molar-refractivity contribution in [1.82, 2.24) is 4.90 Å². The molecule has 1 aromatic carbocycles. The van der Waals surface area contributed by atoms with Crippen molar-refractivity contribution in [3.8, 4) is 11.5 Å².